The molecule has 1 saturated carbocycles. The van der Waals surface area contributed by atoms with E-state index >= 15 is 0 Å². The molecule has 0 bridgehead atoms. The van der Waals surface area contributed by atoms with Crippen LogP contribution in [-0.2, 0) is 4.79 Å². The molecule has 1 fully saturated rings. The van der Waals surface area contributed by atoms with Gasteiger partial charge in [0, 0.05) is 22.9 Å². The van der Waals surface area contributed by atoms with Crippen molar-refractivity contribution in [1.29, 1.82) is 0 Å². The third kappa shape index (κ3) is 4.03. The molecule has 2 amide bonds. The molecule has 6 heteroatoms. The fraction of sp³-hybridized carbons (Fsp3) is 0.176. The monoisotopic (exact) mass is 348 g/mol. The number of hydrogen-bond donors (Lipinski definition) is 2. The second kappa shape index (κ2) is 6.60. The summed E-state index contributed by atoms with van der Waals surface area (Å²) in [6.45, 7) is 0. The molecule has 118 valence electrons. The number of carbonyl (C=O) groups is 2. The van der Waals surface area contributed by atoms with Crippen LogP contribution in [-0.4, -0.2) is 11.8 Å². The first-order chi connectivity index (χ1) is 11.0. The summed E-state index contributed by atoms with van der Waals surface area (Å²) in [7, 11) is 0. The van der Waals surface area contributed by atoms with Crippen molar-refractivity contribution in [1.82, 2.24) is 0 Å². The Morgan fingerprint density at radius 3 is 2.35 bits per heavy atom. The van der Waals surface area contributed by atoms with Crippen LogP contribution in [0.4, 0.5) is 11.4 Å². The number of amides is 2. The Labute approximate surface area is 143 Å². The van der Waals surface area contributed by atoms with Gasteiger partial charge in [-0.2, -0.15) is 0 Å². The van der Waals surface area contributed by atoms with Crippen molar-refractivity contribution in [3.05, 3.63) is 58.1 Å². The van der Waals surface area contributed by atoms with Crippen LogP contribution >= 0.6 is 23.2 Å². The summed E-state index contributed by atoms with van der Waals surface area (Å²) in [5.74, 6) is -0.165. The maximum Gasteiger partial charge on any atom is 0.255 e. The zero-order chi connectivity index (χ0) is 16.4. The highest BCUT2D eigenvalue weighted by atomic mass is 35.5. The summed E-state index contributed by atoms with van der Waals surface area (Å²) in [5, 5.41) is 6.36. The predicted molar refractivity (Wildman–Crippen MR) is 92.2 cm³/mol. The maximum absolute atomic E-state index is 12.3. The average Bonchev–Trinajstić information content (AvgIpc) is 3.36. The summed E-state index contributed by atoms with van der Waals surface area (Å²) in [6.07, 6.45) is 1.87. The first-order valence-corrected chi connectivity index (χ1v) is 7.96. The molecule has 0 saturated heterocycles. The van der Waals surface area contributed by atoms with Gasteiger partial charge in [-0.25, -0.2) is 0 Å². The van der Waals surface area contributed by atoms with E-state index < -0.39 is 0 Å². The van der Waals surface area contributed by atoms with E-state index in [-0.39, 0.29) is 17.7 Å². The fourth-order valence-corrected chi connectivity index (χ4v) is 2.40. The minimum absolute atomic E-state index is 0.00652. The van der Waals surface area contributed by atoms with E-state index in [1.165, 1.54) is 0 Å². The zero-order valence-corrected chi connectivity index (χ0v) is 13.6. The van der Waals surface area contributed by atoms with Gasteiger partial charge in [0.05, 0.1) is 10.0 Å². The molecule has 2 aromatic carbocycles. The van der Waals surface area contributed by atoms with Crippen LogP contribution in [0.25, 0.3) is 0 Å². The molecule has 1 aliphatic rings. The zero-order valence-electron chi connectivity index (χ0n) is 12.1. The van der Waals surface area contributed by atoms with Crippen LogP contribution in [0.5, 0.6) is 0 Å². The molecule has 0 atom stereocenters. The Morgan fingerprint density at radius 2 is 1.65 bits per heavy atom. The van der Waals surface area contributed by atoms with Gasteiger partial charge in [-0.3, -0.25) is 9.59 Å². The van der Waals surface area contributed by atoms with Gasteiger partial charge < -0.3 is 10.6 Å². The summed E-state index contributed by atoms with van der Waals surface area (Å²) in [4.78, 5) is 24.1. The second-order valence-corrected chi connectivity index (χ2v) is 6.24. The summed E-state index contributed by atoms with van der Waals surface area (Å²) in [6, 6.07) is 11.7. The summed E-state index contributed by atoms with van der Waals surface area (Å²) >= 11 is 11.8. The lowest BCUT2D eigenvalue weighted by Crippen LogP contribution is -2.15. The van der Waals surface area contributed by atoms with Crippen molar-refractivity contribution in [3.63, 3.8) is 0 Å². The quantitative estimate of drug-likeness (QED) is 0.848. The van der Waals surface area contributed by atoms with Crippen LogP contribution in [0, 0.1) is 5.92 Å². The topological polar surface area (TPSA) is 58.2 Å². The molecular weight excluding hydrogens is 335 g/mol. The van der Waals surface area contributed by atoms with Crippen molar-refractivity contribution < 1.29 is 9.59 Å². The molecule has 0 radical (unpaired) electrons. The van der Waals surface area contributed by atoms with Crippen molar-refractivity contribution >= 4 is 46.4 Å². The van der Waals surface area contributed by atoms with Crippen LogP contribution in [0.15, 0.2) is 42.5 Å². The largest absolute Gasteiger partial charge is 0.326 e. The van der Waals surface area contributed by atoms with Gasteiger partial charge in [0.1, 0.15) is 0 Å². The van der Waals surface area contributed by atoms with Crippen LogP contribution in [0.1, 0.15) is 23.2 Å². The summed E-state index contributed by atoms with van der Waals surface area (Å²) < 4.78 is 0. The third-order valence-electron chi connectivity index (χ3n) is 3.52. The van der Waals surface area contributed by atoms with Gasteiger partial charge in [-0.1, -0.05) is 29.3 Å². The number of anilines is 2. The van der Waals surface area contributed by atoms with Gasteiger partial charge in [0.15, 0.2) is 0 Å². The van der Waals surface area contributed by atoms with E-state index in [0.717, 1.165) is 12.8 Å². The standard InChI is InChI=1S/C17H14Cl2N2O2/c18-14-7-6-13(9-15(14)19)21-17(23)11-2-1-3-12(8-11)20-16(22)10-4-5-10/h1-3,6-10H,4-5H2,(H,20,22)(H,21,23). The van der Waals surface area contributed by atoms with E-state index in [2.05, 4.69) is 10.6 Å². The van der Waals surface area contributed by atoms with Crippen LogP contribution < -0.4 is 10.6 Å². The van der Waals surface area contributed by atoms with Crippen molar-refractivity contribution in [2.75, 3.05) is 10.6 Å². The Kier molecular flexibility index (Phi) is 4.55. The molecule has 23 heavy (non-hydrogen) atoms. The van der Waals surface area contributed by atoms with Crippen molar-refractivity contribution in [2.45, 2.75) is 12.8 Å². The summed E-state index contributed by atoms with van der Waals surface area (Å²) in [5.41, 5.74) is 1.62. The van der Waals surface area contributed by atoms with E-state index in [1.807, 2.05) is 0 Å². The molecule has 0 unspecified atom stereocenters. The number of nitrogens with one attached hydrogen (secondary N) is 2. The normalized spacial score (nSPS) is 13.5. The first kappa shape index (κ1) is 15.8. The van der Waals surface area contributed by atoms with E-state index in [9.17, 15) is 9.59 Å². The van der Waals surface area contributed by atoms with E-state index in [1.54, 1.807) is 42.5 Å². The highest BCUT2D eigenvalue weighted by Gasteiger charge is 2.29. The van der Waals surface area contributed by atoms with Gasteiger partial charge >= 0.3 is 0 Å². The van der Waals surface area contributed by atoms with Gasteiger partial charge in [0.25, 0.3) is 5.91 Å². The second-order valence-electron chi connectivity index (χ2n) is 5.43. The molecule has 2 aromatic rings. The van der Waals surface area contributed by atoms with Gasteiger partial charge in [-0.15, -0.1) is 0 Å². The lowest BCUT2D eigenvalue weighted by Gasteiger charge is -2.09. The molecular formula is C17H14Cl2N2O2. The smallest absolute Gasteiger partial charge is 0.255 e. The lowest BCUT2D eigenvalue weighted by molar-refractivity contribution is -0.117. The van der Waals surface area contributed by atoms with Crippen LogP contribution in [0.3, 0.4) is 0 Å². The maximum atomic E-state index is 12.3. The van der Waals surface area contributed by atoms with E-state index in [0.29, 0.717) is 27.0 Å². The molecule has 0 heterocycles. The number of benzene rings is 2. The molecule has 1 aliphatic carbocycles. The van der Waals surface area contributed by atoms with Crippen LogP contribution in [0.2, 0.25) is 10.0 Å². The minimum Gasteiger partial charge on any atom is -0.326 e. The minimum atomic E-state index is -0.286. The number of rotatable bonds is 4. The SMILES string of the molecule is O=C(Nc1ccc(Cl)c(Cl)c1)c1cccc(NC(=O)C2CC2)c1. The number of carbonyl (C=O) groups excluding carboxylic acids is 2. The van der Waals surface area contributed by atoms with Crippen molar-refractivity contribution in [3.8, 4) is 0 Å². The Morgan fingerprint density at radius 1 is 0.913 bits per heavy atom. The molecule has 0 aliphatic heterocycles. The van der Waals surface area contributed by atoms with Crippen molar-refractivity contribution in [2.24, 2.45) is 5.92 Å². The highest BCUT2D eigenvalue weighted by molar-refractivity contribution is 6.42. The molecule has 0 aromatic heterocycles. The highest BCUT2D eigenvalue weighted by Crippen LogP contribution is 2.30. The van der Waals surface area contributed by atoms with Gasteiger partial charge in [-0.05, 0) is 49.2 Å². The Hall–Kier alpha value is -2.04. The van der Waals surface area contributed by atoms with Gasteiger partial charge in [0.2, 0.25) is 5.91 Å². The molecule has 3 rings (SSSR count). The number of halogens is 2. The molecule has 4 nitrogen and oxygen atoms in total. The molecule has 0 spiro atoms. The number of hydrogen-bond acceptors (Lipinski definition) is 2. The third-order valence-corrected chi connectivity index (χ3v) is 4.26. The molecule has 2 N–H and O–H groups in total. The average molecular weight is 349 g/mol. The fourth-order valence-electron chi connectivity index (χ4n) is 2.11. The lowest BCUT2D eigenvalue weighted by atomic mass is 10.1. The predicted octanol–water partition coefficient (Wildman–Crippen LogP) is 4.59. The first-order valence-electron chi connectivity index (χ1n) is 7.20. The Bertz CT molecular complexity index is 773. The van der Waals surface area contributed by atoms with E-state index in [4.69, 9.17) is 23.2 Å². The Balaban J connectivity index is 1.71.